The minimum Gasteiger partial charge on any atom is -0.361 e. The van der Waals surface area contributed by atoms with Gasteiger partial charge in [-0.2, -0.15) is 0 Å². The molecule has 0 aliphatic heterocycles. The van der Waals surface area contributed by atoms with E-state index in [9.17, 15) is 4.79 Å². The Morgan fingerprint density at radius 2 is 2.21 bits per heavy atom. The Labute approximate surface area is 143 Å². The van der Waals surface area contributed by atoms with Crippen molar-refractivity contribution in [2.75, 3.05) is 0 Å². The van der Waals surface area contributed by atoms with Gasteiger partial charge in [0.15, 0.2) is 0 Å². The predicted octanol–water partition coefficient (Wildman–Crippen LogP) is 2.45. The van der Waals surface area contributed by atoms with Crippen LogP contribution < -0.4 is 5.32 Å². The van der Waals surface area contributed by atoms with Gasteiger partial charge in [-0.05, 0) is 20.3 Å². The van der Waals surface area contributed by atoms with Crippen LogP contribution in [0.5, 0.6) is 0 Å². The molecule has 3 aromatic heterocycles. The Morgan fingerprint density at radius 3 is 2.92 bits per heavy atom. The number of nitrogens with zero attached hydrogens (tertiary/aromatic N) is 4. The minimum absolute atomic E-state index is 0.0240. The number of aromatic nitrogens is 4. The van der Waals surface area contributed by atoms with Crippen molar-refractivity contribution in [1.82, 2.24) is 25.4 Å². The van der Waals surface area contributed by atoms with Crippen LogP contribution >= 0.6 is 11.3 Å². The molecular weight excluding hydrogens is 326 g/mol. The molecule has 3 rings (SSSR count). The Bertz CT molecular complexity index is 809. The van der Waals surface area contributed by atoms with Gasteiger partial charge < -0.3 is 9.84 Å². The van der Waals surface area contributed by atoms with Crippen molar-refractivity contribution in [3.63, 3.8) is 0 Å². The summed E-state index contributed by atoms with van der Waals surface area (Å²) >= 11 is 1.48. The molecule has 0 aromatic carbocycles. The second kappa shape index (κ2) is 7.31. The Morgan fingerprint density at radius 1 is 1.33 bits per heavy atom. The zero-order chi connectivity index (χ0) is 16.9. The summed E-state index contributed by atoms with van der Waals surface area (Å²) in [6.45, 7) is 4.14. The molecule has 24 heavy (non-hydrogen) atoms. The lowest BCUT2D eigenvalue weighted by Crippen LogP contribution is -2.23. The molecule has 1 amide bonds. The number of amides is 1. The fourth-order valence-corrected chi connectivity index (χ4v) is 3.07. The Kier molecular flexibility index (Phi) is 4.95. The lowest BCUT2D eigenvalue weighted by atomic mass is 10.1. The molecule has 0 atom stereocenters. The van der Waals surface area contributed by atoms with E-state index in [2.05, 4.69) is 25.4 Å². The number of carbonyl (C=O) groups excluding carboxylic acids is 1. The van der Waals surface area contributed by atoms with Gasteiger partial charge in [-0.1, -0.05) is 5.16 Å². The molecule has 0 aliphatic rings. The number of carbonyl (C=O) groups is 1. The van der Waals surface area contributed by atoms with Crippen LogP contribution in [0.1, 0.15) is 29.1 Å². The van der Waals surface area contributed by atoms with Crippen LogP contribution in [0.15, 0.2) is 28.5 Å². The molecule has 0 aliphatic carbocycles. The molecule has 3 aromatic rings. The van der Waals surface area contributed by atoms with Crippen molar-refractivity contribution < 1.29 is 9.32 Å². The molecule has 0 bridgehead atoms. The van der Waals surface area contributed by atoms with Crippen LogP contribution in [0.25, 0.3) is 10.7 Å². The monoisotopic (exact) mass is 343 g/mol. The van der Waals surface area contributed by atoms with Crippen LogP contribution in [-0.4, -0.2) is 26.0 Å². The average molecular weight is 343 g/mol. The van der Waals surface area contributed by atoms with Gasteiger partial charge in [-0.25, -0.2) is 4.98 Å². The zero-order valence-corrected chi connectivity index (χ0v) is 14.3. The summed E-state index contributed by atoms with van der Waals surface area (Å²) in [6.07, 6.45) is 5.94. The molecule has 1 N–H and O–H groups in total. The molecular formula is C16H17N5O2S. The second-order valence-corrected chi connectivity index (χ2v) is 6.17. The van der Waals surface area contributed by atoms with E-state index in [1.165, 1.54) is 11.3 Å². The van der Waals surface area contributed by atoms with Gasteiger partial charge in [0, 0.05) is 29.8 Å². The largest absolute Gasteiger partial charge is 0.361 e. The van der Waals surface area contributed by atoms with Gasteiger partial charge >= 0.3 is 0 Å². The highest BCUT2D eigenvalue weighted by atomic mass is 32.1. The lowest BCUT2D eigenvalue weighted by molar-refractivity contribution is -0.121. The third kappa shape index (κ3) is 3.83. The average Bonchev–Trinajstić information content (AvgIpc) is 3.19. The first kappa shape index (κ1) is 16.3. The second-order valence-electron chi connectivity index (χ2n) is 5.31. The molecule has 7 nitrogen and oxygen atoms in total. The fraction of sp³-hybridized carbons (Fsp3) is 0.312. The van der Waals surface area contributed by atoms with Crippen LogP contribution in [0, 0.1) is 13.8 Å². The highest BCUT2D eigenvalue weighted by Gasteiger charge is 2.12. The van der Waals surface area contributed by atoms with Crippen LogP contribution in [0.3, 0.4) is 0 Å². The van der Waals surface area contributed by atoms with Crippen molar-refractivity contribution in [3.8, 4) is 10.7 Å². The topological polar surface area (TPSA) is 93.8 Å². The summed E-state index contributed by atoms with van der Waals surface area (Å²) in [5.74, 6) is 0.748. The van der Waals surface area contributed by atoms with Gasteiger partial charge in [-0.3, -0.25) is 14.8 Å². The van der Waals surface area contributed by atoms with Crippen molar-refractivity contribution >= 4 is 17.2 Å². The molecule has 0 unspecified atom stereocenters. The zero-order valence-electron chi connectivity index (χ0n) is 13.4. The highest BCUT2D eigenvalue weighted by molar-refractivity contribution is 7.13. The van der Waals surface area contributed by atoms with E-state index in [0.29, 0.717) is 19.4 Å². The Balaban J connectivity index is 1.51. The molecule has 0 radical (unpaired) electrons. The summed E-state index contributed by atoms with van der Waals surface area (Å²) in [4.78, 5) is 24.7. The number of thiazole rings is 1. The molecule has 0 saturated carbocycles. The molecule has 3 heterocycles. The summed E-state index contributed by atoms with van der Waals surface area (Å²) in [5, 5.41) is 9.49. The van der Waals surface area contributed by atoms with E-state index in [1.807, 2.05) is 19.2 Å². The normalized spacial score (nSPS) is 10.8. The van der Waals surface area contributed by atoms with Crippen molar-refractivity contribution in [3.05, 3.63) is 46.7 Å². The van der Waals surface area contributed by atoms with Gasteiger partial charge in [0.25, 0.3) is 0 Å². The predicted molar refractivity (Wildman–Crippen MR) is 89.3 cm³/mol. The Hall–Kier alpha value is -2.61. The number of hydrogen-bond donors (Lipinski definition) is 1. The maximum atomic E-state index is 12.0. The maximum Gasteiger partial charge on any atom is 0.220 e. The van der Waals surface area contributed by atoms with Crippen molar-refractivity contribution in [1.29, 1.82) is 0 Å². The number of aryl methyl sites for hydroxylation is 2. The van der Waals surface area contributed by atoms with E-state index in [4.69, 9.17) is 4.52 Å². The highest BCUT2D eigenvalue weighted by Crippen LogP contribution is 2.20. The smallest absolute Gasteiger partial charge is 0.220 e. The summed E-state index contributed by atoms with van der Waals surface area (Å²) in [5.41, 5.74) is 3.39. The standard InChI is InChI=1S/C16H17N5O2S/c1-10-13(11(2)23-21-10)3-4-15(22)19-7-12-9-24-16(20-12)14-8-17-5-6-18-14/h5-6,8-9H,3-4,7H2,1-2H3,(H,19,22). The van der Waals surface area contributed by atoms with Crippen LogP contribution in [0.2, 0.25) is 0 Å². The van der Waals surface area contributed by atoms with Gasteiger partial charge in [0.2, 0.25) is 5.91 Å². The fourth-order valence-electron chi connectivity index (χ4n) is 2.29. The van der Waals surface area contributed by atoms with E-state index in [1.54, 1.807) is 18.6 Å². The number of hydrogen-bond acceptors (Lipinski definition) is 7. The van der Waals surface area contributed by atoms with Gasteiger partial charge in [0.05, 0.1) is 24.1 Å². The number of nitrogens with one attached hydrogen (secondary N) is 1. The quantitative estimate of drug-likeness (QED) is 0.739. The lowest BCUT2D eigenvalue weighted by Gasteiger charge is -2.03. The van der Waals surface area contributed by atoms with Crippen LogP contribution in [-0.2, 0) is 17.8 Å². The third-order valence-electron chi connectivity index (χ3n) is 3.58. The first-order valence-corrected chi connectivity index (χ1v) is 8.40. The first-order chi connectivity index (χ1) is 11.6. The van der Waals surface area contributed by atoms with E-state index >= 15 is 0 Å². The molecule has 124 valence electrons. The maximum absolute atomic E-state index is 12.0. The van der Waals surface area contributed by atoms with E-state index in [-0.39, 0.29) is 5.91 Å². The van der Waals surface area contributed by atoms with Crippen molar-refractivity contribution in [2.24, 2.45) is 0 Å². The SMILES string of the molecule is Cc1noc(C)c1CCC(=O)NCc1csc(-c2cnccn2)n1. The molecule has 0 saturated heterocycles. The minimum atomic E-state index is -0.0240. The van der Waals surface area contributed by atoms with E-state index in [0.717, 1.165) is 33.4 Å². The summed E-state index contributed by atoms with van der Waals surface area (Å²) < 4.78 is 5.10. The summed E-state index contributed by atoms with van der Waals surface area (Å²) in [6, 6.07) is 0. The first-order valence-electron chi connectivity index (χ1n) is 7.52. The molecule has 8 heteroatoms. The van der Waals surface area contributed by atoms with Gasteiger partial charge in [-0.15, -0.1) is 11.3 Å². The summed E-state index contributed by atoms with van der Waals surface area (Å²) in [7, 11) is 0. The van der Waals surface area contributed by atoms with E-state index < -0.39 is 0 Å². The molecule has 0 fully saturated rings. The molecule has 0 spiro atoms. The number of rotatable bonds is 6. The third-order valence-corrected chi connectivity index (χ3v) is 4.50. The van der Waals surface area contributed by atoms with Gasteiger partial charge in [0.1, 0.15) is 16.5 Å². The van der Waals surface area contributed by atoms with Crippen molar-refractivity contribution in [2.45, 2.75) is 33.2 Å². The van der Waals surface area contributed by atoms with Crippen LogP contribution in [0.4, 0.5) is 0 Å².